The second kappa shape index (κ2) is 9.77. The average molecular weight is 512 g/mol. The highest BCUT2D eigenvalue weighted by molar-refractivity contribution is 9.10. The summed E-state index contributed by atoms with van der Waals surface area (Å²) >= 11 is 3.43. The number of piperidine rings is 1. The third-order valence-electron chi connectivity index (χ3n) is 6.93. The van der Waals surface area contributed by atoms with E-state index in [0.717, 1.165) is 47.7 Å². The van der Waals surface area contributed by atoms with Crippen molar-refractivity contribution < 1.29 is 0 Å². The van der Waals surface area contributed by atoms with Gasteiger partial charge in [-0.15, -0.1) is 5.10 Å². The Kier molecular flexibility index (Phi) is 6.59. The van der Waals surface area contributed by atoms with Crippen LogP contribution < -0.4 is 15.8 Å². The second-order valence-electron chi connectivity index (χ2n) is 9.23. The van der Waals surface area contributed by atoms with E-state index in [1.165, 1.54) is 25.7 Å². The number of hydrogen-bond donors (Lipinski definition) is 1. The Balaban J connectivity index is 1.27. The van der Waals surface area contributed by atoms with Gasteiger partial charge < -0.3 is 10.2 Å². The molecule has 33 heavy (non-hydrogen) atoms. The van der Waals surface area contributed by atoms with Crippen molar-refractivity contribution in [2.24, 2.45) is 5.92 Å². The fourth-order valence-electron chi connectivity index (χ4n) is 4.66. The maximum absolute atomic E-state index is 13.0. The number of anilines is 1. The number of hydrogen-bond acceptors (Lipinski definition) is 6. The molecule has 2 fully saturated rings. The molecule has 1 saturated heterocycles. The Morgan fingerprint density at radius 3 is 2.85 bits per heavy atom. The molecule has 9 heteroatoms. The predicted octanol–water partition coefficient (Wildman–Crippen LogP) is 3.69. The number of pyridine rings is 2. The van der Waals surface area contributed by atoms with Gasteiger partial charge in [0.1, 0.15) is 11.9 Å². The minimum atomic E-state index is -0.286. The summed E-state index contributed by atoms with van der Waals surface area (Å²) in [5, 5.41) is 12.3. The molecule has 0 spiro atoms. The number of rotatable bonds is 7. The van der Waals surface area contributed by atoms with Gasteiger partial charge in [0, 0.05) is 59.5 Å². The van der Waals surface area contributed by atoms with E-state index in [9.17, 15) is 4.79 Å². The lowest BCUT2D eigenvalue weighted by molar-refractivity contribution is 0.280. The molecule has 3 aromatic heterocycles. The van der Waals surface area contributed by atoms with E-state index in [-0.39, 0.29) is 11.7 Å². The van der Waals surface area contributed by atoms with Crippen LogP contribution in [-0.4, -0.2) is 50.2 Å². The molecule has 1 unspecified atom stereocenters. The molecule has 1 saturated carbocycles. The summed E-state index contributed by atoms with van der Waals surface area (Å²) in [5.74, 6) is 0.864. The Bertz CT molecular complexity index is 1160. The molecular formula is C24H30BrN7O. The van der Waals surface area contributed by atoms with Crippen LogP contribution in [0.25, 0.3) is 11.3 Å². The zero-order valence-electron chi connectivity index (χ0n) is 18.9. The van der Waals surface area contributed by atoms with Crippen LogP contribution in [0, 0.1) is 5.92 Å². The molecule has 0 radical (unpaired) electrons. The molecule has 0 bridgehead atoms. The van der Waals surface area contributed by atoms with E-state index >= 15 is 0 Å². The summed E-state index contributed by atoms with van der Waals surface area (Å²) in [5.41, 5.74) is 2.55. The van der Waals surface area contributed by atoms with Crippen molar-refractivity contribution in [2.45, 2.75) is 51.2 Å². The quantitative estimate of drug-likeness (QED) is 0.520. The molecule has 174 valence electrons. The first-order valence-corrected chi connectivity index (χ1v) is 12.6. The molecule has 3 aromatic rings. The van der Waals surface area contributed by atoms with Crippen molar-refractivity contribution in [3.63, 3.8) is 0 Å². The summed E-state index contributed by atoms with van der Waals surface area (Å²) in [6.07, 6.45) is 13.4. The van der Waals surface area contributed by atoms with E-state index in [2.05, 4.69) is 41.4 Å². The molecule has 0 aromatic carbocycles. The highest BCUT2D eigenvalue weighted by Gasteiger charge is 2.23. The van der Waals surface area contributed by atoms with Gasteiger partial charge in [0.2, 0.25) is 0 Å². The molecule has 2 aliphatic rings. The van der Waals surface area contributed by atoms with Crippen molar-refractivity contribution >= 4 is 21.6 Å². The van der Waals surface area contributed by atoms with Gasteiger partial charge in [-0.05, 0) is 73.1 Å². The molecule has 1 N–H and O–H groups in total. The third kappa shape index (κ3) is 5.04. The van der Waals surface area contributed by atoms with Crippen molar-refractivity contribution in [3.05, 3.63) is 57.8 Å². The summed E-state index contributed by atoms with van der Waals surface area (Å²) < 4.78 is 4.28. The SMILES string of the molecule is CC(n1cc(-c2cncc(Br)c2)nn1)n1ccc(N2CCC[C@@H](NCC3CCC3)C2)cc1=O. The fourth-order valence-corrected chi connectivity index (χ4v) is 5.03. The van der Waals surface area contributed by atoms with Crippen molar-refractivity contribution in [2.75, 3.05) is 24.5 Å². The number of halogens is 1. The molecule has 8 nitrogen and oxygen atoms in total. The molecule has 4 heterocycles. The summed E-state index contributed by atoms with van der Waals surface area (Å²) in [6.45, 7) is 5.03. The van der Waals surface area contributed by atoms with E-state index in [0.29, 0.717) is 11.7 Å². The summed E-state index contributed by atoms with van der Waals surface area (Å²) in [4.78, 5) is 19.5. The molecule has 2 atom stereocenters. The van der Waals surface area contributed by atoms with Crippen LogP contribution in [0.4, 0.5) is 5.69 Å². The number of nitrogens with zero attached hydrogens (tertiary/aromatic N) is 6. The van der Waals surface area contributed by atoms with Crippen LogP contribution >= 0.6 is 15.9 Å². The van der Waals surface area contributed by atoms with Crippen molar-refractivity contribution in [3.8, 4) is 11.3 Å². The second-order valence-corrected chi connectivity index (χ2v) is 10.1. The van der Waals surface area contributed by atoms with Crippen LogP contribution in [0.3, 0.4) is 0 Å². The lowest BCUT2D eigenvalue weighted by Crippen LogP contribution is -2.47. The largest absolute Gasteiger partial charge is 0.370 e. The van der Waals surface area contributed by atoms with Gasteiger partial charge in [-0.3, -0.25) is 14.3 Å². The molecule has 5 rings (SSSR count). The van der Waals surface area contributed by atoms with E-state index < -0.39 is 0 Å². The topological polar surface area (TPSA) is 80.9 Å². The molecular weight excluding hydrogens is 482 g/mol. The van der Waals surface area contributed by atoms with Crippen LogP contribution in [-0.2, 0) is 0 Å². The Hall–Kier alpha value is -2.52. The zero-order valence-corrected chi connectivity index (χ0v) is 20.5. The predicted molar refractivity (Wildman–Crippen MR) is 132 cm³/mol. The van der Waals surface area contributed by atoms with E-state index in [1.807, 2.05) is 31.5 Å². The van der Waals surface area contributed by atoms with Gasteiger partial charge in [0.25, 0.3) is 5.56 Å². The number of nitrogens with one attached hydrogen (secondary N) is 1. The van der Waals surface area contributed by atoms with Gasteiger partial charge in [-0.1, -0.05) is 11.6 Å². The molecule has 1 aliphatic carbocycles. The van der Waals surface area contributed by atoms with Crippen LogP contribution in [0.5, 0.6) is 0 Å². The van der Waals surface area contributed by atoms with Gasteiger partial charge in [-0.2, -0.15) is 0 Å². The first-order chi connectivity index (χ1) is 16.1. The minimum absolute atomic E-state index is 0.0364. The van der Waals surface area contributed by atoms with Crippen molar-refractivity contribution in [1.29, 1.82) is 0 Å². The van der Waals surface area contributed by atoms with Crippen molar-refractivity contribution in [1.82, 2.24) is 29.9 Å². The molecule has 0 amide bonds. The maximum atomic E-state index is 13.0. The van der Waals surface area contributed by atoms with Gasteiger partial charge in [0.15, 0.2) is 0 Å². The highest BCUT2D eigenvalue weighted by Crippen LogP contribution is 2.26. The maximum Gasteiger partial charge on any atom is 0.254 e. The van der Waals surface area contributed by atoms with Gasteiger partial charge >= 0.3 is 0 Å². The van der Waals surface area contributed by atoms with Gasteiger partial charge in [-0.25, -0.2) is 4.68 Å². The molecule has 1 aliphatic heterocycles. The summed E-state index contributed by atoms with van der Waals surface area (Å²) in [7, 11) is 0. The first kappa shape index (κ1) is 22.3. The Labute approximate surface area is 202 Å². The standard InChI is InChI=1S/C24H30BrN7O/c1-17(32-16-23(28-29-32)19-10-20(25)14-26-13-19)31-9-7-22(11-24(31)33)30-8-3-6-21(15-30)27-12-18-4-2-5-18/h7,9-11,13-14,16-18,21,27H,2-6,8,12,15H2,1H3/t17?,21-/m1/s1. The Morgan fingerprint density at radius 1 is 1.21 bits per heavy atom. The lowest BCUT2D eigenvalue weighted by atomic mass is 9.85. The van der Waals surface area contributed by atoms with Crippen LogP contribution in [0.1, 0.15) is 45.2 Å². The first-order valence-electron chi connectivity index (χ1n) is 11.8. The average Bonchev–Trinajstić information content (AvgIpc) is 3.28. The lowest BCUT2D eigenvalue weighted by Gasteiger charge is -2.36. The normalized spacial score (nSPS) is 19.9. The Morgan fingerprint density at radius 2 is 2.09 bits per heavy atom. The van der Waals surface area contributed by atoms with Crippen LogP contribution in [0.15, 0.2) is 52.3 Å². The monoisotopic (exact) mass is 511 g/mol. The third-order valence-corrected chi connectivity index (χ3v) is 7.37. The smallest absolute Gasteiger partial charge is 0.254 e. The van der Waals surface area contributed by atoms with E-state index in [4.69, 9.17) is 0 Å². The minimum Gasteiger partial charge on any atom is -0.370 e. The summed E-state index contributed by atoms with van der Waals surface area (Å²) in [6, 6.07) is 6.24. The van der Waals surface area contributed by atoms with Crippen LogP contribution in [0.2, 0.25) is 0 Å². The highest BCUT2D eigenvalue weighted by atomic mass is 79.9. The zero-order chi connectivity index (χ0) is 22.8. The number of aromatic nitrogens is 5. The van der Waals surface area contributed by atoms with Gasteiger partial charge in [0.05, 0.1) is 6.20 Å². The fraction of sp³-hybridized carbons (Fsp3) is 0.500. The van der Waals surface area contributed by atoms with E-state index in [1.54, 1.807) is 27.7 Å².